The Morgan fingerprint density at radius 3 is 2.68 bits per heavy atom. The molecular formula is C21H16N6S. The topological polar surface area (TPSA) is 92.5 Å². The number of anilines is 3. The number of rotatable bonds is 4. The number of H-pyrrole nitrogens is 1. The molecule has 0 bridgehead atoms. The lowest BCUT2D eigenvalue weighted by molar-refractivity contribution is 1.12. The summed E-state index contributed by atoms with van der Waals surface area (Å²) in [6.07, 6.45) is 3.46. The Kier molecular flexibility index (Phi) is 3.99. The van der Waals surface area contributed by atoms with E-state index in [1.165, 1.54) is 15.3 Å². The second kappa shape index (κ2) is 6.79. The summed E-state index contributed by atoms with van der Waals surface area (Å²) in [5.41, 5.74) is 9.91. The smallest absolute Gasteiger partial charge is 0.221 e. The van der Waals surface area contributed by atoms with E-state index in [0.717, 1.165) is 22.2 Å². The van der Waals surface area contributed by atoms with Crippen molar-refractivity contribution in [1.29, 1.82) is 0 Å². The van der Waals surface area contributed by atoms with E-state index in [4.69, 9.17) is 5.73 Å². The number of thiophene rings is 1. The number of fused-ring (bicyclic) bond motifs is 1. The van der Waals surface area contributed by atoms with Gasteiger partial charge in [-0.1, -0.05) is 30.3 Å². The molecule has 136 valence electrons. The van der Waals surface area contributed by atoms with Gasteiger partial charge in [0, 0.05) is 32.6 Å². The van der Waals surface area contributed by atoms with Gasteiger partial charge >= 0.3 is 0 Å². The first-order chi connectivity index (χ1) is 13.8. The van der Waals surface area contributed by atoms with E-state index in [-0.39, 0.29) is 5.95 Å². The Labute approximate surface area is 165 Å². The highest BCUT2D eigenvalue weighted by Crippen LogP contribution is 2.38. The summed E-state index contributed by atoms with van der Waals surface area (Å²) in [7, 11) is 0. The number of aromatic nitrogens is 4. The van der Waals surface area contributed by atoms with Gasteiger partial charge in [-0.25, -0.2) is 4.98 Å². The predicted molar refractivity (Wildman–Crippen MR) is 115 cm³/mol. The fraction of sp³-hybridized carbons (Fsp3) is 0. The van der Waals surface area contributed by atoms with Crippen LogP contribution in [0, 0.1) is 0 Å². The maximum atomic E-state index is 5.69. The summed E-state index contributed by atoms with van der Waals surface area (Å²) < 4.78 is 0. The van der Waals surface area contributed by atoms with Gasteiger partial charge < -0.3 is 11.1 Å². The average molecular weight is 384 g/mol. The van der Waals surface area contributed by atoms with Crippen LogP contribution in [-0.2, 0) is 0 Å². The molecule has 6 nitrogen and oxygen atoms in total. The lowest BCUT2D eigenvalue weighted by atomic mass is 10.1. The lowest BCUT2D eigenvalue weighted by Gasteiger charge is -2.09. The number of nitrogens with one attached hydrogen (secondary N) is 2. The average Bonchev–Trinajstić information content (AvgIpc) is 3.38. The summed E-state index contributed by atoms with van der Waals surface area (Å²) in [5.74, 6) is 0.887. The molecule has 0 amide bonds. The molecular weight excluding hydrogens is 368 g/mol. The predicted octanol–water partition coefficient (Wildman–Crippen LogP) is 5.07. The highest BCUT2D eigenvalue weighted by molar-refractivity contribution is 7.18. The number of hydrogen-bond acceptors (Lipinski definition) is 6. The van der Waals surface area contributed by atoms with Crippen LogP contribution in [0.5, 0.6) is 0 Å². The van der Waals surface area contributed by atoms with Crippen LogP contribution in [0.4, 0.5) is 17.5 Å². The molecule has 4 N–H and O–H groups in total. The zero-order valence-electron chi connectivity index (χ0n) is 14.8. The van der Waals surface area contributed by atoms with E-state index in [1.807, 2.05) is 18.3 Å². The molecule has 0 aliphatic rings. The van der Waals surface area contributed by atoms with E-state index in [1.54, 1.807) is 23.6 Å². The van der Waals surface area contributed by atoms with E-state index >= 15 is 0 Å². The van der Waals surface area contributed by atoms with Gasteiger partial charge in [0.25, 0.3) is 0 Å². The van der Waals surface area contributed by atoms with Crippen LogP contribution in [-0.4, -0.2) is 20.2 Å². The van der Waals surface area contributed by atoms with Crippen molar-refractivity contribution in [2.75, 3.05) is 11.1 Å². The summed E-state index contributed by atoms with van der Waals surface area (Å²) in [6.45, 7) is 0. The van der Waals surface area contributed by atoms with Crippen LogP contribution in [0.15, 0.2) is 73.1 Å². The minimum atomic E-state index is 0.236. The molecule has 0 aliphatic carbocycles. The second-order valence-electron chi connectivity index (χ2n) is 6.31. The van der Waals surface area contributed by atoms with Crippen molar-refractivity contribution in [3.8, 4) is 20.9 Å². The molecule has 3 heterocycles. The largest absolute Gasteiger partial charge is 0.368 e. The number of nitrogens with two attached hydrogens (primary N) is 1. The maximum Gasteiger partial charge on any atom is 0.221 e. The van der Waals surface area contributed by atoms with Gasteiger partial charge in [0.1, 0.15) is 5.82 Å². The van der Waals surface area contributed by atoms with Crippen LogP contribution in [0.1, 0.15) is 0 Å². The van der Waals surface area contributed by atoms with Crippen LogP contribution < -0.4 is 11.1 Å². The third-order valence-corrected chi connectivity index (χ3v) is 5.59. The Hall–Kier alpha value is -3.71. The first-order valence-electron chi connectivity index (χ1n) is 8.74. The molecule has 0 aliphatic heterocycles. The van der Waals surface area contributed by atoms with E-state index in [2.05, 4.69) is 67.9 Å². The lowest BCUT2D eigenvalue weighted by Crippen LogP contribution is -1.99. The molecule has 0 saturated heterocycles. The molecule has 5 rings (SSSR count). The van der Waals surface area contributed by atoms with Gasteiger partial charge in [-0.15, -0.1) is 11.3 Å². The number of nitrogen functional groups attached to an aromatic ring is 1. The zero-order valence-corrected chi connectivity index (χ0v) is 15.6. The third kappa shape index (κ3) is 3.08. The molecule has 3 aromatic heterocycles. The molecule has 7 heteroatoms. The van der Waals surface area contributed by atoms with Crippen molar-refractivity contribution in [1.82, 2.24) is 20.2 Å². The zero-order chi connectivity index (χ0) is 18.9. The first-order valence-corrected chi connectivity index (χ1v) is 9.56. The minimum Gasteiger partial charge on any atom is -0.368 e. The van der Waals surface area contributed by atoms with Crippen LogP contribution in [0.2, 0.25) is 0 Å². The molecule has 0 fully saturated rings. The SMILES string of the molecule is Nc1nccc(Nc2cc(-c3ccc(-c4ccccc4)s3)c3[nH]ncc3c2)n1. The first kappa shape index (κ1) is 16.5. The summed E-state index contributed by atoms with van der Waals surface area (Å²) in [4.78, 5) is 10.5. The normalized spacial score (nSPS) is 11.0. The van der Waals surface area contributed by atoms with Gasteiger partial charge in [-0.2, -0.15) is 10.1 Å². The minimum absolute atomic E-state index is 0.236. The van der Waals surface area contributed by atoms with Gasteiger partial charge in [0.15, 0.2) is 0 Å². The maximum absolute atomic E-state index is 5.69. The Bertz CT molecular complexity index is 1260. The van der Waals surface area contributed by atoms with Crippen LogP contribution >= 0.6 is 11.3 Å². The Morgan fingerprint density at radius 2 is 1.82 bits per heavy atom. The van der Waals surface area contributed by atoms with Crippen molar-refractivity contribution >= 4 is 39.7 Å². The summed E-state index contributed by atoms with van der Waals surface area (Å²) in [5, 5.41) is 11.7. The highest BCUT2D eigenvalue weighted by Gasteiger charge is 2.12. The van der Waals surface area contributed by atoms with Crippen LogP contribution in [0.25, 0.3) is 31.8 Å². The fourth-order valence-corrected chi connectivity index (χ4v) is 4.19. The molecule has 0 atom stereocenters. The van der Waals surface area contributed by atoms with E-state index in [0.29, 0.717) is 5.82 Å². The van der Waals surface area contributed by atoms with Gasteiger partial charge in [-0.3, -0.25) is 5.10 Å². The van der Waals surface area contributed by atoms with E-state index in [9.17, 15) is 0 Å². The number of benzene rings is 2. The van der Waals surface area contributed by atoms with Gasteiger partial charge in [0.2, 0.25) is 5.95 Å². The fourth-order valence-electron chi connectivity index (χ4n) is 3.16. The number of hydrogen-bond donors (Lipinski definition) is 3. The molecule has 0 unspecified atom stereocenters. The highest BCUT2D eigenvalue weighted by atomic mass is 32.1. The van der Waals surface area contributed by atoms with Crippen LogP contribution in [0.3, 0.4) is 0 Å². The van der Waals surface area contributed by atoms with Crippen molar-refractivity contribution in [2.45, 2.75) is 0 Å². The van der Waals surface area contributed by atoms with Gasteiger partial charge in [-0.05, 0) is 35.9 Å². The van der Waals surface area contributed by atoms with Crippen molar-refractivity contribution in [3.05, 3.63) is 73.1 Å². The Balaban J connectivity index is 1.57. The molecule has 0 saturated carbocycles. The third-order valence-electron chi connectivity index (χ3n) is 4.43. The number of aromatic amines is 1. The number of nitrogens with zero attached hydrogens (tertiary/aromatic N) is 3. The van der Waals surface area contributed by atoms with Gasteiger partial charge in [0.05, 0.1) is 11.7 Å². The standard InChI is InChI=1S/C21H16N6S/c22-21-23-9-8-19(26-21)25-15-10-14-12-24-27-20(14)16(11-15)18-7-6-17(28-18)13-4-2-1-3-5-13/h1-12H,(H,24,27)(H3,22,23,25,26). The molecule has 0 spiro atoms. The monoisotopic (exact) mass is 384 g/mol. The second-order valence-corrected chi connectivity index (χ2v) is 7.40. The molecule has 28 heavy (non-hydrogen) atoms. The Morgan fingerprint density at radius 1 is 0.964 bits per heavy atom. The molecule has 5 aromatic rings. The van der Waals surface area contributed by atoms with Crippen molar-refractivity contribution < 1.29 is 0 Å². The summed E-state index contributed by atoms with van der Waals surface area (Å²) in [6, 6.07) is 20.6. The molecule has 2 aromatic carbocycles. The van der Waals surface area contributed by atoms with E-state index < -0.39 is 0 Å². The van der Waals surface area contributed by atoms with Crippen molar-refractivity contribution in [3.63, 3.8) is 0 Å². The summed E-state index contributed by atoms with van der Waals surface area (Å²) >= 11 is 1.75. The van der Waals surface area contributed by atoms with Crippen molar-refractivity contribution in [2.24, 2.45) is 0 Å². The molecule has 0 radical (unpaired) electrons. The quantitative estimate of drug-likeness (QED) is 0.402.